The molecule has 5 rings (SSSR count). The molecule has 1 aromatic heterocycles. The van der Waals surface area contributed by atoms with E-state index in [1.807, 2.05) is 68.2 Å². The Labute approximate surface area is 203 Å². The van der Waals surface area contributed by atoms with Gasteiger partial charge in [-0.3, -0.25) is 19.9 Å². The van der Waals surface area contributed by atoms with Gasteiger partial charge in [0.1, 0.15) is 17.7 Å². The van der Waals surface area contributed by atoms with Crippen LogP contribution < -0.4 is 31.1 Å². The molecule has 2 amide bonds. The second-order valence-corrected chi connectivity index (χ2v) is 8.97. The maximum Gasteiger partial charge on any atom is 0.263 e. The molecule has 3 heterocycles. The molecule has 0 aliphatic carbocycles. The third-order valence-electron chi connectivity index (χ3n) is 6.13. The first-order chi connectivity index (χ1) is 16.9. The fourth-order valence-electron chi connectivity index (χ4n) is 4.39. The summed E-state index contributed by atoms with van der Waals surface area (Å²) in [6, 6.07) is 17.3. The van der Waals surface area contributed by atoms with E-state index in [4.69, 9.17) is 4.74 Å². The average molecular weight is 476 g/mol. The topological polar surface area (TPSA) is 113 Å². The molecule has 3 unspecified atom stereocenters. The molecule has 0 spiro atoms. The van der Waals surface area contributed by atoms with Crippen molar-refractivity contribution in [2.24, 2.45) is 5.92 Å². The molecule has 4 N–H and O–H groups in total. The minimum absolute atomic E-state index is 0.0884. The zero-order valence-corrected chi connectivity index (χ0v) is 19.9. The first-order valence-electron chi connectivity index (χ1n) is 11.6. The number of anilines is 2. The molecule has 0 saturated carbocycles. The van der Waals surface area contributed by atoms with Gasteiger partial charge >= 0.3 is 0 Å². The van der Waals surface area contributed by atoms with Crippen molar-refractivity contribution < 1.29 is 14.3 Å². The quantitative estimate of drug-likeness (QED) is 0.431. The van der Waals surface area contributed by atoms with E-state index < -0.39 is 6.29 Å². The number of amides is 2. The lowest BCUT2D eigenvalue weighted by atomic mass is 10.0. The summed E-state index contributed by atoms with van der Waals surface area (Å²) in [5, 5.41) is 15.8. The van der Waals surface area contributed by atoms with Gasteiger partial charge in [0, 0.05) is 12.6 Å². The Bertz CT molecular complexity index is 1240. The Morgan fingerprint density at radius 1 is 1.11 bits per heavy atom. The number of benzene rings is 2. The maximum absolute atomic E-state index is 13.0. The molecule has 0 bridgehead atoms. The molecule has 3 atom stereocenters. The highest BCUT2D eigenvalue weighted by atomic mass is 16.5. The number of carbonyl (C=O) groups is 2. The van der Waals surface area contributed by atoms with Gasteiger partial charge in [0.15, 0.2) is 12.9 Å². The number of fused-ring (bicyclic) bond motifs is 1. The Morgan fingerprint density at radius 2 is 1.91 bits per heavy atom. The summed E-state index contributed by atoms with van der Waals surface area (Å²) < 4.78 is 7.17. The van der Waals surface area contributed by atoms with E-state index in [2.05, 4.69) is 32.5 Å². The number of hydrogen-bond acceptors (Lipinski definition) is 7. The summed E-state index contributed by atoms with van der Waals surface area (Å²) in [6.07, 6.45) is -0.925. The molecule has 3 aromatic rings. The largest absolute Gasteiger partial charge is 0.484 e. The van der Waals surface area contributed by atoms with E-state index >= 15 is 0 Å². The summed E-state index contributed by atoms with van der Waals surface area (Å²) in [5.74, 6) is 0.395. The van der Waals surface area contributed by atoms with Crippen LogP contribution in [0.5, 0.6) is 5.75 Å². The van der Waals surface area contributed by atoms with Crippen molar-refractivity contribution in [1.29, 1.82) is 0 Å². The van der Waals surface area contributed by atoms with Crippen LogP contribution in [0.25, 0.3) is 0 Å². The standard InChI is InChI=1S/C25H29N7O3/c1-15-7-9-19(10-8-15)35-14-22(33)27-21-12-17(3)30-32(21)25-28-23-20(24(34)29-25)13-26-31(23)18-6-4-5-16(2)11-18/h4-12,20,23,25-26,28H,13-14H2,1-3H3,(H,27,33)(H,29,34). The second kappa shape index (κ2) is 9.40. The fraction of sp³-hybridized carbons (Fsp3) is 0.320. The predicted octanol–water partition coefficient (Wildman–Crippen LogP) is 1.97. The number of aryl methyl sites for hydroxylation is 3. The lowest BCUT2D eigenvalue weighted by Crippen LogP contribution is -2.61. The van der Waals surface area contributed by atoms with E-state index in [1.54, 1.807) is 10.7 Å². The summed E-state index contributed by atoms with van der Waals surface area (Å²) >= 11 is 0. The van der Waals surface area contributed by atoms with E-state index in [1.165, 1.54) is 0 Å². The fourth-order valence-corrected chi connectivity index (χ4v) is 4.39. The highest BCUT2D eigenvalue weighted by molar-refractivity contribution is 5.91. The Hall–Kier alpha value is -3.89. The number of hydrogen-bond donors (Lipinski definition) is 4. The van der Waals surface area contributed by atoms with Crippen molar-refractivity contribution in [3.63, 3.8) is 0 Å². The van der Waals surface area contributed by atoms with Gasteiger partial charge in [-0.1, -0.05) is 29.8 Å². The lowest BCUT2D eigenvalue weighted by molar-refractivity contribution is -0.129. The van der Waals surface area contributed by atoms with Crippen LogP contribution in [-0.4, -0.2) is 40.9 Å². The Morgan fingerprint density at radius 3 is 2.69 bits per heavy atom. The van der Waals surface area contributed by atoms with Crippen molar-refractivity contribution in [3.8, 4) is 5.75 Å². The molecular weight excluding hydrogens is 446 g/mol. The summed E-state index contributed by atoms with van der Waals surface area (Å²) in [7, 11) is 0. The minimum atomic E-state index is -0.641. The van der Waals surface area contributed by atoms with Crippen LogP contribution in [0, 0.1) is 26.7 Å². The van der Waals surface area contributed by atoms with Crippen LogP contribution >= 0.6 is 0 Å². The van der Waals surface area contributed by atoms with Gasteiger partial charge in [-0.05, 0) is 50.6 Å². The number of rotatable bonds is 6. The van der Waals surface area contributed by atoms with Crippen LogP contribution in [0.1, 0.15) is 23.1 Å². The van der Waals surface area contributed by atoms with Crippen molar-refractivity contribution in [2.45, 2.75) is 33.2 Å². The number of ether oxygens (including phenoxy) is 1. The SMILES string of the molecule is Cc1ccc(OCC(=O)Nc2cc(C)nn2C2NC(=O)C3CNN(c4cccc(C)c4)C3N2)cc1. The van der Waals surface area contributed by atoms with Crippen LogP contribution in [0.2, 0.25) is 0 Å². The van der Waals surface area contributed by atoms with Gasteiger partial charge in [0.25, 0.3) is 5.91 Å². The zero-order chi connectivity index (χ0) is 24.5. The van der Waals surface area contributed by atoms with Crippen LogP contribution in [0.3, 0.4) is 0 Å². The minimum Gasteiger partial charge on any atom is -0.484 e. The Kier molecular flexibility index (Phi) is 6.14. The third-order valence-corrected chi connectivity index (χ3v) is 6.13. The molecular formula is C25H29N7O3. The van der Waals surface area contributed by atoms with E-state index in [-0.39, 0.29) is 30.5 Å². The molecule has 10 nitrogen and oxygen atoms in total. The van der Waals surface area contributed by atoms with Gasteiger partial charge < -0.3 is 15.4 Å². The van der Waals surface area contributed by atoms with Gasteiger partial charge in [0.05, 0.1) is 17.3 Å². The van der Waals surface area contributed by atoms with E-state index in [9.17, 15) is 9.59 Å². The van der Waals surface area contributed by atoms with Crippen molar-refractivity contribution in [2.75, 3.05) is 23.5 Å². The maximum atomic E-state index is 13.0. The van der Waals surface area contributed by atoms with Crippen molar-refractivity contribution >= 4 is 23.3 Å². The van der Waals surface area contributed by atoms with E-state index in [0.717, 1.165) is 16.8 Å². The number of nitrogens with zero attached hydrogens (tertiary/aromatic N) is 3. The second-order valence-electron chi connectivity index (χ2n) is 8.97. The van der Waals surface area contributed by atoms with Crippen molar-refractivity contribution in [3.05, 3.63) is 71.4 Å². The molecule has 10 heteroatoms. The molecule has 35 heavy (non-hydrogen) atoms. The average Bonchev–Trinajstić information content (AvgIpc) is 3.42. The first kappa shape index (κ1) is 22.9. The lowest BCUT2D eigenvalue weighted by Gasteiger charge is -2.37. The molecule has 2 aliphatic rings. The van der Waals surface area contributed by atoms with Crippen LogP contribution in [0.4, 0.5) is 11.5 Å². The number of nitrogens with one attached hydrogen (secondary N) is 4. The van der Waals surface area contributed by atoms with Gasteiger partial charge in [-0.25, -0.2) is 10.1 Å². The smallest absolute Gasteiger partial charge is 0.263 e. The van der Waals surface area contributed by atoms with Crippen LogP contribution in [0.15, 0.2) is 54.6 Å². The molecule has 2 aromatic carbocycles. The molecule has 182 valence electrons. The zero-order valence-electron chi connectivity index (χ0n) is 19.9. The molecule has 0 radical (unpaired) electrons. The van der Waals surface area contributed by atoms with Gasteiger partial charge in [-0.15, -0.1) is 0 Å². The van der Waals surface area contributed by atoms with Gasteiger partial charge in [-0.2, -0.15) is 5.10 Å². The normalized spacial score (nSPS) is 21.4. The number of aromatic nitrogens is 2. The number of carbonyl (C=O) groups excluding carboxylic acids is 2. The summed E-state index contributed by atoms with van der Waals surface area (Å²) in [4.78, 5) is 25.6. The van der Waals surface area contributed by atoms with E-state index in [0.29, 0.717) is 23.8 Å². The summed E-state index contributed by atoms with van der Waals surface area (Å²) in [5.41, 5.74) is 7.25. The third kappa shape index (κ3) is 4.84. The first-order valence-corrected chi connectivity index (χ1v) is 11.6. The monoisotopic (exact) mass is 475 g/mol. The highest BCUT2D eigenvalue weighted by Crippen LogP contribution is 2.28. The van der Waals surface area contributed by atoms with Crippen LogP contribution in [-0.2, 0) is 9.59 Å². The molecule has 2 saturated heterocycles. The Balaban J connectivity index is 1.30. The van der Waals surface area contributed by atoms with Crippen molar-refractivity contribution in [1.82, 2.24) is 25.8 Å². The number of hydrazine groups is 1. The summed E-state index contributed by atoms with van der Waals surface area (Å²) in [6.45, 7) is 6.22. The molecule has 2 aliphatic heterocycles. The van der Waals surface area contributed by atoms with Gasteiger partial charge in [0.2, 0.25) is 5.91 Å². The molecule has 2 fully saturated rings. The highest BCUT2D eigenvalue weighted by Gasteiger charge is 2.45. The predicted molar refractivity (Wildman–Crippen MR) is 132 cm³/mol.